The smallest absolute Gasteiger partial charge is 0.0271 e. The predicted molar refractivity (Wildman–Crippen MR) is 70.8 cm³/mol. The van der Waals surface area contributed by atoms with Crippen molar-refractivity contribution >= 4 is 0 Å². The molecular formula is C14H23N3. The zero-order chi connectivity index (χ0) is 11.9. The van der Waals surface area contributed by atoms with E-state index in [2.05, 4.69) is 34.3 Å². The lowest BCUT2D eigenvalue weighted by Gasteiger charge is -2.20. The minimum absolute atomic E-state index is 0.977. The van der Waals surface area contributed by atoms with Gasteiger partial charge >= 0.3 is 0 Å². The maximum Gasteiger partial charge on any atom is 0.0271 e. The Morgan fingerprint density at radius 2 is 2.12 bits per heavy atom. The average molecular weight is 233 g/mol. The van der Waals surface area contributed by atoms with Crippen molar-refractivity contribution in [2.75, 3.05) is 26.2 Å². The lowest BCUT2D eigenvalue weighted by molar-refractivity contribution is 0.278. The van der Waals surface area contributed by atoms with Crippen LogP contribution in [-0.4, -0.2) is 36.1 Å². The Hall–Kier alpha value is -0.930. The first-order valence-corrected chi connectivity index (χ1v) is 6.70. The lowest BCUT2D eigenvalue weighted by atomic mass is 10.2. The van der Waals surface area contributed by atoms with Gasteiger partial charge in [0, 0.05) is 32.0 Å². The summed E-state index contributed by atoms with van der Waals surface area (Å²) >= 11 is 0. The second-order valence-corrected chi connectivity index (χ2v) is 4.87. The van der Waals surface area contributed by atoms with Crippen LogP contribution in [0.15, 0.2) is 24.5 Å². The number of nitrogens with zero attached hydrogens (tertiary/aromatic N) is 2. The molecule has 1 saturated carbocycles. The Kier molecular flexibility index (Phi) is 4.95. The van der Waals surface area contributed by atoms with E-state index in [4.69, 9.17) is 0 Å². The fourth-order valence-corrected chi connectivity index (χ4v) is 1.96. The molecule has 0 radical (unpaired) electrons. The van der Waals surface area contributed by atoms with Crippen LogP contribution in [0.25, 0.3) is 0 Å². The summed E-state index contributed by atoms with van der Waals surface area (Å²) in [6.45, 7) is 7.81. The molecule has 1 aliphatic carbocycles. The zero-order valence-corrected chi connectivity index (χ0v) is 10.7. The highest BCUT2D eigenvalue weighted by Crippen LogP contribution is 2.27. The normalized spacial score (nSPS) is 15.4. The molecule has 0 aromatic carbocycles. The van der Waals surface area contributed by atoms with E-state index in [1.165, 1.54) is 24.9 Å². The van der Waals surface area contributed by atoms with Crippen LogP contribution < -0.4 is 5.32 Å². The summed E-state index contributed by atoms with van der Waals surface area (Å²) < 4.78 is 0. The first kappa shape index (κ1) is 12.5. The number of nitrogens with one attached hydrogen (secondary N) is 1. The van der Waals surface area contributed by atoms with Gasteiger partial charge in [0.25, 0.3) is 0 Å². The van der Waals surface area contributed by atoms with Gasteiger partial charge in [0.05, 0.1) is 0 Å². The summed E-state index contributed by atoms with van der Waals surface area (Å²) in [6, 6.07) is 4.20. The van der Waals surface area contributed by atoms with Crippen LogP contribution in [-0.2, 0) is 6.54 Å². The molecule has 1 fully saturated rings. The molecule has 2 rings (SSSR count). The quantitative estimate of drug-likeness (QED) is 0.695. The molecule has 94 valence electrons. The number of pyridine rings is 1. The van der Waals surface area contributed by atoms with E-state index in [-0.39, 0.29) is 0 Å². The van der Waals surface area contributed by atoms with E-state index in [0.717, 1.165) is 32.1 Å². The number of hydrogen-bond donors (Lipinski definition) is 1. The Morgan fingerprint density at radius 3 is 2.76 bits per heavy atom. The Balaban J connectivity index is 1.65. The highest BCUT2D eigenvalue weighted by Gasteiger charge is 2.20. The van der Waals surface area contributed by atoms with E-state index in [1.54, 1.807) is 0 Å². The number of rotatable bonds is 8. The van der Waals surface area contributed by atoms with Crippen molar-refractivity contribution in [3.8, 4) is 0 Å². The van der Waals surface area contributed by atoms with Crippen LogP contribution in [0.5, 0.6) is 0 Å². The van der Waals surface area contributed by atoms with E-state index < -0.39 is 0 Å². The molecule has 1 aromatic heterocycles. The van der Waals surface area contributed by atoms with Gasteiger partial charge < -0.3 is 5.32 Å². The molecule has 1 N–H and O–H groups in total. The molecule has 0 atom stereocenters. The van der Waals surface area contributed by atoms with E-state index >= 15 is 0 Å². The summed E-state index contributed by atoms with van der Waals surface area (Å²) in [4.78, 5) is 6.52. The van der Waals surface area contributed by atoms with Crippen molar-refractivity contribution in [2.24, 2.45) is 5.92 Å². The topological polar surface area (TPSA) is 28.2 Å². The van der Waals surface area contributed by atoms with Gasteiger partial charge in [0.15, 0.2) is 0 Å². The maximum atomic E-state index is 4.05. The molecule has 0 amide bonds. The van der Waals surface area contributed by atoms with Crippen molar-refractivity contribution in [1.82, 2.24) is 15.2 Å². The third kappa shape index (κ3) is 4.84. The number of hydrogen-bond acceptors (Lipinski definition) is 3. The van der Waals surface area contributed by atoms with Gasteiger partial charge in [-0.3, -0.25) is 9.88 Å². The fraction of sp³-hybridized carbons (Fsp3) is 0.643. The summed E-state index contributed by atoms with van der Waals surface area (Å²) in [5.41, 5.74) is 1.35. The SMILES string of the molecule is CCN(CCNCC1CC1)Cc1ccncc1. The van der Waals surface area contributed by atoms with Gasteiger partial charge in [-0.05, 0) is 49.5 Å². The molecule has 0 unspecified atom stereocenters. The van der Waals surface area contributed by atoms with Crippen LogP contribution in [0.4, 0.5) is 0 Å². The molecular weight excluding hydrogens is 210 g/mol. The van der Waals surface area contributed by atoms with Gasteiger partial charge in [-0.2, -0.15) is 0 Å². The van der Waals surface area contributed by atoms with E-state index in [1.807, 2.05) is 12.4 Å². The van der Waals surface area contributed by atoms with Crippen LogP contribution in [0.3, 0.4) is 0 Å². The summed E-state index contributed by atoms with van der Waals surface area (Å²) in [5.74, 6) is 0.977. The Labute approximate surface area is 104 Å². The van der Waals surface area contributed by atoms with Gasteiger partial charge in [0.2, 0.25) is 0 Å². The molecule has 3 heteroatoms. The minimum atomic E-state index is 0.977. The molecule has 0 saturated heterocycles. The molecule has 1 heterocycles. The molecule has 17 heavy (non-hydrogen) atoms. The van der Waals surface area contributed by atoms with Crippen LogP contribution in [0, 0.1) is 5.92 Å². The van der Waals surface area contributed by atoms with E-state index in [0.29, 0.717) is 0 Å². The molecule has 3 nitrogen and oxygen atoms in total. The van der Waals surface area contributed by atoms with Crippen LogP contribution >= 0.6 is 0 Å². The largest absolute Gasteiger partial charge is 0.315 e. The highest BCUT2D eigenvalue weighted by molar-refractivity contribution is 5.09. The second kappa shape index (κ2) is 6.72. The van der Waals surface area contributed by atoms with Gasteiger partial charge in [-0.25, -0.2) is 0 Å². The third-order valence-electron chi connectivity index (χ3n) is 3.34. The summed E-state index contributed by atoms with van der Waals surface area (Å²) in [6.07, 6.45) is 6.60. The zero-order valence-electron chi connectivity index (χ0n) is 10.7. The summed E-state index contributed by atoms with van der Waals surface area (Å²) in [7, 11) is 0. The number of aromatic nitrogens is 1. The third-order valence-corrected chi connectivity index (χ3v) is 3.34. The maximum absolute atomic E-state index is 4.05. The van der Waals surface area contributed by atoms with Crippen molar-refractivity contribution in [3.63, 3.8) is 0 Å². The molecule has 0 aliphatic heterocycles. The van der Waals surface area contributed by atoms with Crippen LogP contribution in [0.2, 0.25) is 0 Å². The minimum Gasteiger partial charge on any atom is -0.315 e. The Morgan fingerprint density at radius 1 is 1.35 bits per heavy atom. The monoisotopic (exact) mass is 233 g/mol. The molecule has 0 bridgehead atoms. The predicted octanol–water partition coefficient (Wildman–Crippen LogP) is 1.90. The van der Waals surface area contributed by atoms with E-state index in [9.17, 15) is 0 Å². The lowest BCUT2D eigenvalue weighted by Crippen LogP contribution is -2.32. The first-order valence-electron chi connectivity index (χ1n) is 6.70. The van der Waals surface area contributed by atoms with Crippen LogP contribution in [0.1, 0.15) is 25.3 Å². The average Bonchev–Trinajstić information content (AvgIpc) is 3.18. The van der Waals surface area contributed by atoms with Crippen molar-refractivity contribution in [3.05, 3.63) is 30.1 Å². The molecule has 1 aliphatic rings. The second-order valence-electron chi connectivity index (χ2n) is 4.87. The first-order chi connectivity index (χ1) is 8.38. The highest BCUT2D eigenvalue weighted by atomic mass is 15.1. The van der Waals surface area contributed by atoms with Crippen molar-refractivity contribution in [2.45, 2.75) is 26.3 Å². The van der Waals surface area contributed by atoms with Crippen molar-refractivity contribution in [1.29, 1.82) is 0 Å². The fourth-order valence-electron chi connectivity index (χ4n) is 1.96. The van der Waals surface area contributed by atoms with Gasteiger partial charge in [0.1, 0.15) is 0 Å². The molecule has 1 aromatic rings. The number of likely N-dealkylation sites (N-methyl/N-ethyl adjacent to an activating group) is 1. The Bertz CT molecular complexity index is 309. The summed E-state index contributed by atoms with van der Waals surface area (Å²) in [5, 5.41) is 3.54. The van der Waals surface area contributed by atoms with Gasteiger partial charge in [-0.1, -0.05) is 6.92 Å². The van der Waals surface area contributed by atoms with Crippen molar-refractivity contribution < 1.29 is 0 Å². The molecule has 0 spiro atoms. The van der Waals surface area contributed by atoms with Gasteiger partial charge in [-0.15, -0.1) is 0 Å². The standard InChI is InChI=1S/C14H23N3/c1-2-17(10-9-16-11-13-3-4-13)12-14-5-7-15-8-6-14/h5-8,13,16H,2-4,9-12H2,1H3.